The third kappa shape index (κ3) is 7.79. The fourth-order valence-electron chi connectivity index (χ4n) is 4.79. The normalized spacial score (nSPS) is 13.5. The molecule has 12 heteroatoms. The SMILES string of the molecule is CC[C@H](C(=O)NC(C)(C)C)N(Cc1cccc(OC)c1)C(=O)CN(c1ccc(F)cc1)S(=O)(=O)c1ccc2c(c1)OCCO2. The Labute approximate surface area is 257 Å². The van der Waals surface area contributed by atoms with Crippen LogP contribution in [-0.4, -0.2) is 63.6 Å². The summed E-state index contributed by atoms with van der Waals surface area (Å²) in [5.41, 5.74) is 0.183. The van der Waals surface area contributed by atoms with Gasteiger partial charge in [-0.1, -0.05) is 19.1 Å². The lowest BCUT2D eigenvalue weighted by molar-refractivity contribution is -0.141. The predicted octanol–water partition coefficient (Wildman–Crippen LogP) is 4.52. The molecule has 0 aliphatic carbocycles. The number of hydrogen-bond acceptors (Lipinski definition) is 7. The number of benzene rings is 3. The molecule has 0 aromatic heterocycles. The summed E-state index contributed by atoms with van der Waals surface area (Å²) >= 11 is 0. The highest BCUT2D eigenvalue weighted by molar-refractivity contribution is 7.92. The molecule has 0 fully saturated rings. The Kier molecular flexibility index (Phi) is 10.0. The summed E-state index contributed by atoms with van der Waals surface area (Å²) < 4.78 is 59.5. The number of carbonyl (C=O) groups excluding carboxylic acids is 2. The molecule has 1 aliphatic heterocycles. The number of halogens is 1. The van der Waals surface area contributed by atoms with E-state index in [2.05, 4.69) is 5.32 Å². The van der Waals surface area contributed by atoms with Gasteiger partial charge in [0.05, 0.1) is 17.7 Å². The van der Waals surface area contributed by atoms with E-state index in [-0.39, 0.29) is 41.8 Å². The number of carbonyl (C=O) groups is 2. The highest BCUT2D eigenvalue weighted by Crippen LogP contribution is 2.34. The number of methoxy groups -OCH3 is 1. The maximum Gasteiger partial charge on any atom is 0.264 e. The van der Waals surface area contributed by atoms with E-state index in [0.29, 0.717) is 23.7 Å². The van der Waals surface area contributed by atoms with Gasteiger partial charge in [0.25, 0.3) is 10.0 Å². The van der Waals surface area contributed by atoms with E-state index in [9.17, 15) is 22.4 Å². The second-order valence-electron chi connectivity index (χ2n) is 11.3. The third-order valence-electron chi connectivity index (χ3n) is 6.87. The van der Waals surface area contributed by atoms with E-state index >= 15 is 0 Å². The molecule has 1 N–H and O–H groups in total. The van der Waals surface area contributed by atoms with Crippen molar-refractivity contribution in [1.82, 2.24) is 10.2 Å². The van der Waals surface area contributed by atoms with E-state index < -0.39 is 39.9 Å². The van der Waals surface area contributed by atoms with E-state index in [1.807, 2.05) is 20.8 Å². The molecule has 10 nitrogen and oxygen atoms in total. The second-order valence-corrected chi connectivity index (χ2v) is 13.2. The maximum absolute atomic E-state index is 14.2. The first-order valence-corrected chi connectivity index (χ1v) is 15.7. The van der Waals surface area contributed by atoms with Crippen LogP contribution in [0.25, 0.3) is 0 Å². The van der Waals surface area contributed by atoms with Crippen molar-refractivity contribution in [3.63, 3.8) is 0 Å². The number of amides is 2. The summed E-state index contributed by atoms with van der Waals surface area (Å²) in [7, 11) is -2.86. The topological polar surface area (TPSA) is 114 Å². The quantitative estimate of drug-likeness (QED) is 0.333. The lowest BCUT2D eigenvalue weighted by atomic mass is 10.1. The summed E-state index contributed by atoms with van der Waals surface area (Å²) in [6.07, 6.45) is 0.267. The molecule has 0 unspecified atom stereocenters. The summed E-state index contributed by atoms with van der Waals surface area (Å²) in [5, 5.41) is 2.93. The monoisotopic (exact) mass is 627 g/mol. The van der Waals surface area contributed by atoms with Gasteiger partial charge in [0, 0.05) is 18.2 Å². The molecular formula is C32H38FN3O7S. The van der Waals surface area contributed by atoms with Crippen LogP contribution < -0.4 is 23.8 Å². The number of rotatable bonds is 11. The first-order valence-electron chi connectivity index (χ1n) is 14.2. The van der Waals surface area contributed by atoms with E-state index in [4.69, 9.17) is 14.2 Å². The third-order valence-corrected chi connectivity index (χ3v) is 8.64. The van der Waals surface area contributed by atoms with Crippen LogP contribution in [0, 0.1) is 5.82 Å². The molecule has 1 heterocycles. The average molecular weight is 628 g/mol. The highest BCUT2D eigenvalue weighted by Gasteiger charge is 2.35. The minimum Gasteiger partial charge on any atom is -0.497 e. The molecule has 0 spiro atoms. The molecule has 2 amide bonds. The number of sulfonamides is 1. The molecular weight excluding hydrogens is 589 g/mol. The molecule has 0 radical (unpaired) electrons. The largest absolute Gasteiger partial charge is 0.497 e. The van der Waals surface area contributed by atoms with Crippen LogP contribution >= 0.6 is 0 Å². The zero-order chi connectivity index (χ0) is 32.1. The highest BCUT2D eigenvalue weighted by atomic mass is 32.2. The fraction of sp³-hybridized carbons (Fsp3) is 0.375. The van der Waals surface area contributed by atoms with Gasteiger partial charge in [0.15, 0.2) is 11.5 Å². The van der Waals surface area contributed by atoms with Crippen molar-refractivity contribution in [3.8, 4) is 17.2 Å². The Balaban J connectivity index is 1.76. The second kappa shape index (κ2) is 13.5. The van der Waals surface area contributed by atoms with Crippen LogP contribution in [0.15, 0.2) is 71.6 Å². The van der Waals surface area contributed by atoms with E-state index in [1.54, 1.807) is 31.2 Å². The van der Waals surface area contributed by atoms with Gasteiger partial charge in [-0.25, -0.2) is 12.8 Å². The fourth-order valence-corrected chi connectivity index (χ4v) is 6.22. The molecule has 3 aromatic rings. The Morgan fingerprint density at radius 1 is 1.00 bits per heavy atom. The molecule has 1 atom stereocenters. The van der Waals surface area contributed by atoms with Gasteiger partial charge >= 0.3 is 0 Å². The molecule has 0 bridgehead atoms. The maximum atomic E-state index is 14.2. The average Bonchev–Trinajstić information content (AvgIpc) is 2.99. The lowest BCUT2D eigenvalue weighted by Crippen LogP contribution is -2.55. The standard InChI is InChI=1S/C32H38FN3O7S/c1-6-27(31(38)34-32(2,3)4)35(20-22-8-7-9-25(18-22)41-5)30(37)21-36(24-12-10-23(33)11-13-24)44(39,40)26-14-15-28-29(19-26)43-17-16-42-28/h7-15,18-19,27H,6,16-17,20-21H2,1-5H3,(H,34,38)/t27-/m1/s1. The summed E-state index contributed by atoms with van der Waals surface area (Å²) in [6, 6.07) is 15.2. The van der Waals surface area contributed by atoms with Gasteiger partial charge in [-0.15, -0.1) is 0 Å². The number of nitrogens with zero attached hydrogens (tertiary/aromatic N) is 2. The number of nitrogens with one attached hydrogen (secondary N) is 1. The van der Waals surface area contributed by atoms with Gasteiger partial charge in [0.2, 0.25) is 11.8 Å². The summed E-state index contributed by atoms with van der Waals surface area (Å²) in [5.74, 6) is -0.349. The molecule has 0 saturated carbocycles. The molecule has 236 valence electrons. The molecule has 3 aromatic carbocycles. The smallest absolute Gasteiger partial charge is 0.264 e. The molecule has 1 aliphatic rings. The van der Waals surface area contributed by atoms with Gasteiger partial charge in [-0.3, -0.25) is 13.9 Å². The van der Waals surface area contributed by atoms with Gasteiger partial charge in [0.1, 0.15) is 37.4 Å². The molecule has 4 rings (SSSR count). The molecule has 0 saturated heterocycles. The minimum absolute atomic E-state index is 0.00737. The van der Waals surface area contributed by atoms with Crippen molar-refractivity contribution < 1.29 is 36.6 Å². The number of fused-ring (bicyclic) bond motifs is 1. The zero-order valence-electron chi connectivity index (χ0n) is 25.5. The first-order chi connectivity index (χ1) is 20.8. The zero-order valence-corrected chi connectivity index (χ0v) is 26.3. The van der Waals surface area contributed by atoms with Crippen molar-refractivity contribution in [3.05, 3.63) is 78.1 Å². The van der Waals surface area contributed by atoms with Crippen LogP contribution in [-0.2, 0) is 26.2 Å². The van der Waals surface area contributed by atoms with Gasteiger partial charge < -0.3 is 24.4 Å². The van der Waals surface area contributed by atoms with Crippen LogP contribution in [0.5, 0.6) is 17.2 Å². The number of ether oxygens (including phenoxy) is 3. The van der Waals surface area contributed by atoms with Crippen molar-refractivity contribution in [2.24, 2.45) is 0 Å². The number of hydrogen-bond donors (Lipinski definition) is 1. The molecule has 44 heavy (non-hydrogen) atoms. The Bertz CT molecular complexity index is 1590. The lowest BCUT2D eigenvalue weighted by Gasteiger charge is -2.35. The summed E-state index contributed by atoms with van der Waals surface area (Å²) in [6.45, 7) is 7.22. The van der Waals surface area contributed by atoms with Crippen molar-refractivity contribution in [1.29, 1.82) is 0 Å². The van der Waals surface area contributed by atoms with Crippen LogP contribution in [0.2, 0.25) is 0 Å². The summed E-state index contributed by atoms with van der Waals surface area (Å²) in [4.78, 5) is 28.9. The van der Waals surface area contributed by atoms with Crippen molar-refractivity contribution >= 4 is 27.5 Å². The Morgan fingerprint density at radius 2 is 1.68 bits per heavy atom. The van der Waals surface area contributed by atoms with Crippen molar-refractivity contribution in [2.75, 3.05) is 31.2 Å². The predicted molar refractivity (Wildman–Crippen MR) is 164 cm³/mol. The van der Waals surface area contributed by atoms with Gasteiger partial charge in [-0.05, 0) is 81.3 Å². The van der Waals surface area contributed by atoms with Gasteiger partial charge in [-0.2, -0.15) is 0 Å². The van der Waals surface area contributed by atoms with Crippen LogP contribution in [0.1, 0.15) is 39.7 Å². The Hall–Kier alpha value is -4.32. The van der Waals surface area contributed by atoms with Crippen molar-refractivity contribution in [2.45, 2.75) is 57.1 Å². The van der Waals surface area contributed by atoms with Crippen LogP contribution in [0.3, 0.4) is 0 Å². The van der Waals surface area contributed by atoms with E-state index in [0.717, 1.165) is 16.4 Å². The number of anilines is 1. The van der Waals surface area contributed by atoms with E-state index in [1.165, 1.54) is 42.3 Å². The first kappa shape index (κ1) is 32.6. The van der Waals surface area contributed by atoms with Crippen LogP contribution in [0.4, 0.5) is 10.1 Å². The Morgan fingerprint density at radius 3 is 2.32 bits per heavy atom. The minimum atomic E-state index is -4.39.